The minimum Gasteiger partial charge on any atom is -0.497 e. The van der Waals surface area contributed by atoms with Crippen LogP contribution in [0.25, 0.3) is 0 Å². The summed E-state index contributed by atoms with van der Waals surface area (Å²) in [5, 5.41) is 0. The van der Waals surface area contributed by atoms with E-state index in [-0.39, 0.29) is 12.0 Å². The van der Waals surface area contributed by atoms with Crippen LogP contribution in [-0.2, 0) is 0 Å². The molecule has 2 nitrogen and oxygen atoms in total. The van der Waals surface area contributed by atoms with Crippen LogP contribution in [-0.4, -0.2) is 13.2 Å². The van der Waals surface area contributed by atoms with Crippen LogP contribution in [0, 0.1) is 11.8 Å². The van der Waals surface area contributed by atoms with Gasteiger partial charge in [0.05, 0.1) is 13.0 Å². The van der Waals surface area contributed by atoms with E-state index in [1.165, 1.54) is 0 Å². The first-order chi connectivity index (χ1) is 11.2. The second-order valence-corrected chi connectivity index (χ2v) is 5.78. The molecular formula is C21H20O2. The first-order valence-electron chi connectivity index (χ1n) is 7.74. The predicted octanol–water partition coefficient (Wildman–Crippen LogP) is 4.56. The Labute approximate surface area is 137 Å². The first-order valence-corrected chi connectivity index (χ1v) is 7.74. The summed E-state index contributed by atoms with van der Waals surface area (Å²) in [5.74, 6) is 8.49. The van der Waals surface area contributed by atoms with Crippen LogP contribution in [0.4, 0.5) is 0 Å². The second kappa shape index (κ2) is 6.62. The van der Waals surface area contributed by atoms with E-state index in [0.717, 1.165) is 34.6 Å². The van der Waals surface area contributed by atoms with E-state index in [2.05, 4.69) is 18.4 Å². The van der Waals surface area contributed by atoms with Crippen molar-refractivity contribution in [3.8, 4) is 23.3 Å². The Morgan fingerprint density at radius 3 is 2.70 bits per heavy atom. The lowest BCUT2D eigenvalue weighted by atomic mass is 9.88. The van der Waals surface area contributed by atoms with Crippen molar-refractivity contribution in [2.24, 2.45) is 0 Å². The molecular weight excluding hydrogens is 284 g/mol. The lowest BCUT2D eigenvalue weighted by Gasteiger charge is -2.30. The molecule has 3 rings (SSSR count). The van der Waals surface area contributed by atoms with Gasteiger partial charge in [-0.05, 0) is 42.8 Å². The molecule has 2 aromatic carbocycles. The van der Waals surface area contributed by atoms with Crippen molar-refractivity contribution in [1.82, 2.24) is 0 Å². The zero-order valence-corrected chi connectivity index (χ0v) is 13.5. The second-order valence-electron chi connectivity index (χ2n) is 5.78. The highest BCUT2D eigenvalue weighted by Gasteiger charge is 2.28. The van der Waals surface area contributed by atoms with Gasteiger partial charge in [0.15, 0.2) is 0 Å². The number of fused-ring (bicyclic) bond motifs is 1. The third-order valence-corrected chi connectivity index (χ3v) is 4.03. The summed E-state index contributed by atoms with van der Waals surface area (Å²) in [6.45, 7) is 6.04. The number of hydrogen-bond donors (Lipinski definition) is 0. The number of methoxy groups -OCH3 is 1. The molecule has 0 bridgehead atoms. The highest BCUT2D eigenvalue weighted by atomic mass is 16.5. The van der Waals surface area contributed by atoms with Crippen LogP contribution in [0.3, 0.4) is 0 Å². The molecule has 0 amide bonds. The van der Waals surface area contributed by atoms with Crippen molar-refractivity contribution < 1.29 is 9.47 Å². The van der Waals surface area contributed by atoms with Gasteiger partial charge >= 0.3 is 0 Å². The van der Waals surface area contributed by atoms with E-state index in [1.807, 2.05) is 55.5 Å². The molecule has 0 unspecified atom stereocenters. The normalized spacial score (nSPS) is 18.9. The Hall–Kier alpha value is -2.66. The summed E-state index contributed by atoms with van der Waals surface area (Å²) in [5.41, 5.74) is 3.14. The van der Waals surface area contributed by atoms with Gasteiger partial charge < -0.3 is 9.47 Å². The molecule has 2 atom stereocenters. The highest BCUT2D eigenvalue weighted by Crippen LogP contribution is 2.39. The summed E-state index contributed by atoms with van der Waals surface area (Å²) in [4.78, 5) is 0. The molecule has 0 saturated carbocycles. The zero-order chi connectivity index (χ0) is 16.2. The van der Waals surface area contributed by atoms with Gasteiger partial charge in [-0.3, -0.25) is 0 Å². The van der Waals surface area contributed by atoms with Crippen LogP contribution in [0.5, 0.6) is 11.5 Å². The molecule has 1 heterocycles. The Morgan fingerprint density at radius 1 is 1.22 bits per heavy atom. The molecule has 0 aliphatic carbocycles. The molecule has 0 saturated heterocycles. The minimum atomic E-state index is 0.00553. The summed E-state index contributed by atoms with van der Waals surface area (Å²) >= 11 is 0. The summed E-state index contributed by atoms with van der Waals surface area (Å²) < 4.78 is 11.4. The Bertz CT molecular complexity index is 765. The first kappa shape index (κ1) is 15.2. The van der Waals surface area contributed by atoms with Crippen molar-refractivity contribution in [3.63, 3.8) is 0 Å². The van der Waals surface area contributed by atoms with Crippen LogP contribution in [0.15, 0.2) is 60.7 Å². The number of hydrogen-bond acceptors (Lipinski definition) is 2. The lowest BCUT2D eigenvalue weighted by molar-refractivity contribution is 0.201. The van der Waals surface area contributed by atoms with Crippen molar-refractivity contribution in [1.29, 1.82) is 0 Å². The molecule has 0 radical (unpaired) electrons. The van der Waals surface area contributed by atoms with Gasteiger partial charge in [-0.2, -0.15) is 0 Å². The smallest absolute Gasteiger partial charge is 0.124 e. The fourth-order valence-corrected chi connectivity index (χ4v) is 2.71. The Balaban J connectivity index is 1.98. The summed E-state index contributed by atoms with van der Waals surface area (Å²) in [6, 6.07) is 15.9. The Morgan fingerprint density at radius 2 is 2.00 bits per heavy atom. The number of ether oxygens (including phenoxy) is 2. The Kier molecular flexibility index (Phi) is 4.39. The monoisotopic (exact) mass is 304 g/mol. The van der Waals surface area contributed by atoms with Gasteiger partial charge in [0, 0.05) is 17.5 Å². The number of benzene rings is 2. The van der Waals surface area contributed by atoms with E-state index in [0.29, 0.717) is 0 Å². The average molecular weight is 304 g/mol. The average Bonchev–Trinajstić information content (AvgIpc) is 2.59. The largest absolute Gasteiger partial charge is 0.497 e. The minimum absolute atomic E-state index is 0.00553. The molecule has 0 N–H and O–H groups in total. The fraction of sp³-hybridized carbons (Fsp3) is 0.238. The maximum Gasteiger partial charge on any atom is 0.124 e. The molecule has 1 aliphatic heterocycles. The van der Waals surface area contributed by atoms with E-state index in [1.54, 1.807) is 7.11 Å². The fourth-order valence-electron chi connectivity index (χ4n) is 2.71. The molecule has 1 aliphatic rings. The standard InChI is InChI=1S/C21H20O2/c1-15(2)21-13-17(10-9-16-7-5-4-6-8-16)19-14-18(22-3)11-12-20(19)23-21/h4-8,11-12,14,17,21H,1,13H2,2-3H3/t17-,21-/m0/s1. The zero-order valence-electron chi connectivity index (χ0n) is 13.5. The summed E-state index contributed by atoms with van der Waals surface area (Å²) in [7, 11) is 1.67. The van der Waals surface area contributed by atoms with Crippen LogP contribution >= 0.6 is 0 Å². The molecule has 0 spiro atoms. The van der Waals surface area contributed by atoms with Crippen LogP contribution in [0.2, 0.25) is 0 Å². The topological polar surface area (TPSA) is 18.5 Å². The SMILES string of the molecule is C=C(C)[C@@H]1C[C@H](C#Cc2ccccc2)c2cc(OC)ccc2O1. The van der Waals surface area contributed by atoms with Crippen molar-refractivity contribution >= 4 is 0 Å². The van der Waals surface area contributed by atoms with E-state index >= 15 is 0 Å². The van der Waals surface area contributed by atoms with Gasteiger partial charge in [0.2, 0.25) is 0 Å². The van der Waals surface area contributed by atoms with Crippen molar-refractivity contribution in [2.75, 3.05) is 7.11 Å². The third kappa shape index (κ3) is 3.40. The summed E-state index contributed by atoms with van der Waals surface area (Å²) in [6.07, 6.45) is 0.820. The van der Waals surface area contributed by atoms with E-state index in [9.17, 15) is 0 Å². The van der Waals surface area contributed by atoms with Crippen LogP contribution < -0.4 is 9.47 Å². The predicted molar refractivity (Wildman–Crippen MR) is 92.9 cm³/mol. The maximum atomic E-state index is 6.05. The van der Waals surface area contributed by atoms with Gasteiger partial charge in [-0.1, -0.05) is 36.6 Å². The molecule has 23 heavy (non-hydrogen) atoms. The van der Waals surface area contributed by atoms with Gasteiger partial charge in [0.25, 0.3) is 0 Å². The van der Waals surface area contributed by atoms with E-state index in [4.69, 9.17) is 9.47 Å². The molecule has 116 valence electrons. The maximum absolute atomic E-state index is 6.05. The lowest BCUT2D eigenvalue weighted by Crippen LogP contribution is -2.26. The van der Waals surface area contributed by atoms with Gasteiger partial charge in [-0.15, -0.1) is 0 Å². The molecule has 0 fully saturated rings. The van der Waals surface area contributed by atoms with Crippen molar-refractivity contribution in [2.45, 2.75) is 25.4 Å². The van der Waals surface area contributed by atoms with Crippen molar-refractivity contribution in [3.05, 3.63) is 71.8 Å². The molecule has 2 heteroatoms. The van der Waals surface area contributed by atoms with Crippen LogP contribution in [0.1, 0.15) is 30.4 Å². The van der Waals surface area contributed by atoms with Gasteiger partial charge in [0.1, 0.15) is 17.6 Å². The molecule has 2 aromatic rings. The third-order valence-electron chi connectivity index (χ3n) is 4.03. The molecule has 0 aromatic heterocycles. The quantitative estimate of drug-likeness (QED) is 0.598. The van der Waals surface area contributed by atoms with E-state index < -0.39 is 0 Å². The highest BCUT2D eigenvalue weighted by molar-refractivity contribution is 5.49. The van der Waals surface area contributed by atoms with Gasteiger partial charge in [-0.25, -0.2) is 0 Å². The number of rotatable bonds is 2.